The summed E-state index contributed by atoms with van der Waals surface area (Å²) in [5, 5.41) is 0. The van der Waals surface area contributed by atoms with Crippen LogP contribution in [0.4, 0.5) is 11.4 Å². The molecule has 4 rings (SSSR count). The van der Waals surface area contributed by atoms with Crippen LogP contribution in [0, 0.1) is 0 Å². The smallest absolute Gasteiger partial charge is 0.261 e. The first-order valence-corrected chi connectivity index (χ1v) is 16.0. The third-order valence-electron chi connectivity index (χ3n) is 6.44. The second kappa shape index (κ2) is 12.6. The van der Waals surface area contributed by atoms with E-state index in [0.29, 0.717) is 36.9 Å². The van der Waals surface area contributed by atoms with Gasteiger partial charge >= 0.3 is 0 Å². The Morgan fingerprint density at radius 3 is 1.85 bits per heavy atom. The summed E-state index contributed by atoms with van der Waals surface area (Å²) in [5.74, 6) is 0.644. The number of hydrogen-bond donors (Lipinski definition) is 2. The van der Waals surface area contributed by atoms with E-state index < -0.39 is 20.0 Å². The number of anilines is 2. The fraction of sp³-hybridized carbons (Fsp3) is 0.321. The number of ether oxygens (including phenoxy) is 2. The number of hydrogen-bond acceptors (Lipinski definition) is 7. The van der Waals surface area contributed by atoms with Crippen molar-refractivity contribution in [3.8, 4) is 11.5 Å². The van der Waals surface area contributed by atoms with E-state index in [-0.39, 0.29) is 26.9 Å². The fourth-order valence-corrected chi connectivity index (χ4v) is 6.52. The molecule has 1 saturated heterocycles. The Hall–Kier alpha value is -3.77. The number of nitrogens with one attached hydrogen (secondary N) is 2. The van der Waals surface area contributed by atoms with E-state index in [1.54, 1.807) is 29.2 Å². The predicted molar refractivity (Wildman–Crippen MR) is 153 cm³/mol. The lowest BCUT2D eigenvalue weighted by atomic mass is 10.1. The zero-order valence-electron chi connectivity index (χ0n) is 22.4. The van der Waals surface area contributed by atoms with Gasteiger partial charge in [0.25, 0.3) is 26.0 Å². The van der Waals surface area contributed by atoms with Gasteiger partial charge in [-0.1, -0.05) is 12.8 Å². The topological polar surface area (TPSA) is 131 Å². The second-order valence-electron chi connectivity index (χ2n) is 9.26. The normalized spacial score (nSPS) is 14.2. The third kappa shape index (κ3) is 7.05. The highest BCUT2D eigenvalue weighted by Gasteiger charge is 2.24. The number of nitrogens with zero attached hydrogens (tertiary/aromatic N) is 1. The number of carbonyl (C=O) groups is 1. The van der Waals surface area contributed by atoms with E-state index in [1.807, 2.05) is 6.92 Å². The van der Waals surface area contributed by atoms with Crippen LogP contribution in [0.1, 0.15) is 43.0 Å². The lowest BCUT2D eigenvalue weighted by Crippen LogP contribution is -2.32. The van der Waals surface area contributed by atoms with Crippen LogP contribution in [0.15, 0.2) is 76.5 Å². The van der Waals surface area contributed by atoms with Gasteiger partial charge < -0.3 is 14.4 Å². The van der Waals surface area contributed by atoms with Crippen molar-refractivity contribution in [2.24, 2.45) is 0 Å². The highest BCUT2D eigenvalue weighted by Crippen LogP contribution is 2.27. The van der Waals surface area contributed by atoms with Crippen molar-refractivity contribution in [2.75, 3.05) is 36.3 Å². The highest BCUT2D eigenvalue weighted by molar-refractivity contribution is 7.93. The SMILES string of the molecule is CCOc1ccc(NS(=O)(=O)c2ccc(NS(=O)(=O)c3ccc(OC)c(C(=O)N4CCCCCC4)c3)cc2)cc1. The summed E-state index contributed by atoms with van der Waals surface area (Å²) >= 11 is 0. The number of rotatable bonds is 10. The van der Waals surface area contributed by atoms with Crippen molar-refractivity contribution in [2.45, 2.75) is 42.4 Å². The van der Waals surface area contributed by atoms with Gasteiger partial charge in [0.2, 0.25) is 0 Å². The van der Waals surface area contributed by atoms with E-state index in [2.05, 4.69) is 9.44 Å². The molecule has 1 heterocycles. The van der Waals surface area contributed by atoms with Gasteiger partial charge in [0.05, 0.1) is 29.1 Å². The van der Waals surface area contributed by atoms with Crippen LogP contribution in [0.3, 0.4) is 0 Å². The number of methoxy groups -OCH3 is 1. The van der Waals surface area contributed by atoms with Crippen LogP contribution in [-0.2, 0) is 20.0 Å². The van der Waals surface area contributed by atoms with Gasteiger partial charge in [-0.25, -0.2) is 16.8 Å². The van der Waals surface area contributed by atoms with Crippen molar-refractivity contribution in [1.29, 1.82) is 0 Å². The molecule has 0 unspecified atom stereocenters. The minimum atomic E-state index is -4.09. The van der Waals surface area contributed by atoms with Crippen molar-refractivity contribution < 1.29 is 31.1 Å². The van der Waals surface area contributed by atoms with Crippen LogP contribution < -0.4 is 18.9 Å². The lowest BCUT2D eigenvalue weighted by Gasteiger charge is -2.22. The molecule has 10 nitrogen and oxygen atoms in total. The zero-order chi connectivity index (χ0) is 28.8. The fourth-order valence-electron chi connectivity index (χ4n) is 4.38. The first-order valence-electron chi connectivity index (χ1n) is 13.0. The maximum absolute atomic E-state index is 13.2. The van der Waals surface area contributed by atoms with Gasteiger partial charge in [-0.2, -0.15) is 0 Å². The summed E-state index contributed by atoms with van der Waals surface area (Å²) in [6.45, 7) is 3.57. The molecule has 2 N–H and O–H groups in total. The number of benzene rings is 3. The molecule has 1 amide bonds. The summed E-state index contributed by atoms with van der Waals surface area (Å²) in [6, 6.07) is 16.0. The minimum Gasteiger partial charge on any atom is -0.496 e. The molecule has 0 atom stereocenters. The first-order chi connectivity index (χ1) is 19.1. The van der Waals surface area contributed by atoms with Gasteiger partial charge in [0.15, 0.2) is 0 Å². The molecular formula is C28H33N3O7S2. The number of likely N-dealkylation sites (tertiary alicyclic amines) is 1. The maximum Gasteiger partial charge on any atom is 0.261 e. The molecular weight excluding hydrogens is 554 g/mol. The number of carbonyl (C=O) groups excluding carboxylic acids is 1. The largest absolute Gasteiger partial charge is 0.496 e. The summed E-state index contributed by atoms with van der Waals surface area (Å²) in [6.07, 6.45) is 3.90. The van der Waals surface area contributed by atoms with Gasteiger partial charge in [0, 0.05) is 24.5 Å². The Labute approximate surface area is 235 Å². The number of sulfonamides is 2. The zero-order valence-corrected chi connectivity index (χ0v) is 24.1. The van der Waals surface area contributed by atoms with Crippen molar-refractivity contribution in [3.63, 3.8) is 0 Å². The van der Waals surface area contributed by atoms with Gasteiger partial charge in [-0.15, -0.1) is 0 Å². The third-order valence-corrected chi connectivity index (χ3v) is 9.22. The lowest BCUT2D eigenvalue weighted by molar-refractivity contribution is 0.0758. The summed E-state index contributed by atoms with van der Waals surface area (Å²) in [7, 11) is -6.57. The summed E-state index contributed by atoms with van der Waals surface area (Å²) in [5.41, 5.74) is 0.698. The predicted octanol–water partition coefficient (Wildman–Crippen LogP) is 4.71. The monoisotopic (exact) mass is 587 g/mol. The molecule has 3 aromatic carbocycles. The molecule has 1 aliphatic rings. The van der Waals surface area contributed by atoms with Crippen LogP contribution in [-0.4, -0.2) is 54.4 Å². The molecule has 214 valence electrons. The van der Waals surface area contributed by atoms with Crippen LogP contribution in [0.25, 0.3) is 0 Å². The van der Waals surface area contributed by atoms with E-state index in [1.165, 1.54) is 49.6 Å². The highest BCUT2D eigenvalue weighted by atomic mass is 32.2. The Bertz CT molecular complexity index is 1530. The molecule has 0 spiro atoms. The van der Waals surface area contributed by atoms with Crippen LogP contribution >= 0.6 is 0 Å². The van der Waals surface area contributed by atoms with Crippen LogP contribution in [0.5, 0.6) is 11.5 Å². The Morgan fingerprint density at radius 2 is 1.30 bits per heavy atom. The molecule has 12 heteroatoms. The van der Waals surface area contributed by atoms with E-state index in [4.69, 9.17) is 9.47 Å². The quantitative estimate of drug-likeness (QED) is 0.351. The molecule has 1 fully saturated rings. The van der Waals surface area contributed by atoms with Gasteiger partial charge in [-0.3, -0.25) is 14.2 Å². The average molecular weight is 588 g/mol. The van der Waals surface area contributed by atoms with Crippen molar-refractivity contribution >= 4 is 37.3 Å². The van der Waals surface area contributed by atoms with Gasteiger partial charge in [-0.05, 0) is 86.5 Å². The molecule has 1 aliphatic heterocycles. The van der Waals surface area contributed by atoms with Crippen LogP contribution in [0.2, 0.25) is 0 Å². The van der Waals surface area contributed by atoms with Crippen molar-refractivity contribution in [1.82, 2.24) is 4.90 Å². The molecule has 0 aromatic heterocycles. The van der Waals surface area contributed by atoms with E-state index >= 15 is 0 Å². The molecule has 0 bridgehead atoms. The standard InChI is InChI=1S/C28H33N3O7S2/c1-3-38-23-12-8-21(9-13-23)29-39(33,34)24-14-10-22(11-15-24)30-40(35,36)25-16-17-27(37-2)26(20-25)28(32)31-18-6-4-5-7-19-31/h8-17,20,29-30H,3-7,18-19H2,1-2H3. The van der Waals surface area contributed by atoms with Gasteiger partial charge in [0.1, 0.15) is 11.5 Å². The Morgan fingerprint density at radius 1 is 0.775 bits per heavy atom. The van der Waals surface area contributed by atoms with E-state index in [0.717, 1.165) is 25.7 Å². The molecule has 40 heavy (non-hydrogen) atoms. The maximum atomic E-state index is 13.2. The summed E-state index contributed by atoms with van der Waals surface area (Å²) < 4.78 is 67.7. The molecule has 0 saturated carbocycles. The minimum absolute atomic E-state index is 0.0425. The number of amides is 1. The van der Waals surface area contributed by atoms with Crippen molar-refractivity contribution in [3.05, 3.63) is 72.3 Å². The summed E-state index contributed by atoms with van der Waals surface area (Å²) in [4.78, 5) is 14.8. The Kier molecular flexibility index (Phi) is 9.21. The molecule has 0 aliphatic carbocycles. The molecule has 0 radical (unpaired) electrons. The van der Waals surface area contributed by atoms with E-state index in [9.17, 15) is 21.6 Å². The first kappa shape index (κ1) is 29.2. The Balaban J connectivity index is 1.50. The average Bonchev–Trinajstić information content (AvgIpc) is 3.23. The molecule has 3 aromatic rings. The second-order valence-corrected chi connectivity index (χ2v) is 12.6.